The molecule has 3 aromatic rings. The van der Waals surface area contributed by atoms with Gasteiger partial charge in [0.2, 0.25) is 0 Å². The zero-order valence-electron chi connectivity index (χ0n) is 19.4. The molecule has 33 heavy (non-hydrogen) atoms. The lowest BCUT2D eigenvalue weighted by Gasteiger charge is -2.36. The molecular formula is C26H32N6O. The summed E-state index contributed by atoms with van der Waals surface area (Å²) in [4.78, 5) is 35.5. The minimum atomic E-state index is 0.179. The van der Waals surface area contributed by atoms with E-state index in [-0.39, 0.29) is 5.92 Å². The lowest BCUT2D eigenvalue weighted by atomic mass is 9.79. The number of ketones is 1. The molecule has 3 aromatic heterocycles. The summed E-state index contributed by atoms with van der Waals surface area (Å²) in [7, 11) is 2.20. The number of carbonyl (C=O) groups is 1. The molecule has 1 saturated heterocycles. The second-order valence-electron chi connectivity index (χ2n) is 9.65. The lowest BCUT2D eigenvalue weighted by Crippen LogP contribution is -2.46. The van der Waals surface area contributed by atoms with Crippen LogP contribution in [0.1, 0.15) is 31.4 Å². The van der Waals surface area contributed by atoms with E-state index in [4.69, 9.17) is 0 Å². The van der Waals surface area contributed by atoms with Gasteiger partial charge in [-0.25, -0.2) is 0 Å². The van der Waals surface area contributed by atoms with Gasteiger partial charge in [0.15, 0.2) is 0 Å². The third-order valence-corrected chi connectivity index (χ3v) is 7.26. The predicted molar refractivity (Wildman–Crippen MR) is 129 cm³/mol. The highest BCUT2D eigenvalue weighted by atomic mass is 16.1. The number of hydrogen-bond acceptors (Lipinski definition) is 7. The maximum Gasteiger partial charge on any atom is 0.141 e. The summed E-state index contributed by atoms with van der Waals surface area (Å²) in [5.41, 5.74) is 2.35. The molecule has 5 rings (SSSR count). The van der Waals surface area contributed by atoms with E-state index < -0.39 is 0 Å². The number of Topliss-reactive ketones (excluding diaryl/α,β-unsaturated/α-hetero) is 1. The van der Waals surface area contributed by atoms with Gasteiger partial charge in [-0.1, -0.05) is 0 Å². The van der Waals surface area contributed by atoms with Gasteiger partial charge in [-0.3, -0.25) is 24.7 Å². The number of aromatic nitrogens is 4. The largest absolute Gasteiger partial charge is 0.304 e. The van der Waals surface area contributed by atoms with Crippen molar-refractivity contribution in [2.24, 2.45) is 11.8 Å². The molecular weight excluding hydrogens is 412 g/mol. The van der Waals surface area contributed by atoms with Crippen LogP contribution in [0.5, 0.6) is 0 Å². The first-order valence-electron chi connectivity index (χ1n) is 12.1. The quantitative estimate of drug-likeness (QED) is 0.578. The maximum atomic E-state index is 13.0. The summed E-state index contributed by atoms with van der Waals surface area (Å²) in [6.45, 7) is 5.89. The smallest absolute Gasteiger partial charge is 0.141 e. The summed E-state index contributed by atoms with van der Waals surface area (Å²) >= 11 is 0. The van der Waals surface area contributed by atoms with Gasteiger partial charge in [0.05, 0.1) is 11.9 Å². The van der Waals surface area contributed by atoms with Gasteiger partial charge >= 0.3 is 0 Å². The van der Waals surface area contributed by atoms with E-state index in [2.05, 4.69) is 36.8 Å². The van der Waals surface area contributed by atoms with Gasteiger partial charge in [-0.15, -0.1) is 0 Å². The zero-order valence-corrected chi connectivity index (χ0v) is 19.4. The molecule has 7 nitrogen and oxygen atoms in total. The van der Waals surface area contributed by atoms with E-state index in [0.717, 1.165) is 46.6 Å². The topological polar surface area (TPSA) is 75.1 Å². The van der Waals surface area contributed by atoms with Crippen LogP contribution in [0, 0.1) is 11.8 Å². The van der Waals surface area contributed by atoms with Crippen molar-refractivity contribution in [3.8, 4) is 11.4 Å². The van der Waals surface area contributed by atoms with Crippen LogP contribution in [0.3, 0.4) is 0 Å². The predicted octanol–water partition coefficient (Wildman–Crippen LogP) is 3.25. The molecule has 0 spiro atoms. The molecule has 1 saturated carbocycles. The van der Waals surface area contributed by atoms with Crippen LogP contribution < -0.4 is 0 Å². The average Bonchev–Trinajstić information content (AvgIpc) is 2.86. The van der Waals surface area contributed by atoms with Crippen molar-refractivity contribution in [2.75, 3.05) is 39.8 Å². The monoisotopic (exact) mass is 444 g/mol. The van der Waals surface area contributed by atoms with Gasteiger partial charge in [-0.2, -0.15) is 0 Å². The van der Waals surface area contributed by atoms with Crippen molar-refractivity contribution < 1.29 is 4.79 Å². The Morgan fingerprint density at radius 1 is 0.879 bits per heavy atom. The molecule has 172 valence electrons. The number of pyridine rings is 2. The molecule has 2 aliphatic rings. The molecule has 1 aliphatic heterocycles. The average molecular weight is 445 g/mol. The highest BCUT2D eigenvalue weighted by Crippen LogP contribution is 2.31. The first-order valence-corrected chi connectivity index (χ1v) is 12.1. The highest BCUT2D eigenvalue weighted by molar-refractivity contribution is 5.87. The Morgan fingerprint density at radius 2 is 1.67 bits per heavy atom. The Labute approximate surface area is 195 Å². The normalized spacial score (nSPS) is 22.5. The Bertz CT molecular complexity index is 1090. The van der Waals surface area contributed by atoms with Crippen LogP contribution in [0.15, 0.2) is 43.1 Å². The molecule has 0 N–H and O–H groups in total. The molecule has 0 radical (unpaired) electrons. The molecule has 0 amide bonds. The molecule has 7 heteroatoms. The van der Waals surface area contributed by atoms with Crippen molar-refractivity contribution in [3.05, 3.63) is 48.8 Å². The second kappa shape index (κ2) is 10.0. The number of nitrogens with zero attached hydrogens (tertiary/aromatic N) is 6. The molecule has 0 aromatic carbocycles. The Kier molecular flexibility index (Phi) is 6.69. The number of rotatable bonds is 6. The zero-order chi connectivity index (χ0) is 22.6. The van der Waals surface area contributed by atoms with Crippen LogP contribution in [0.25, 0.3) is 22.2 Å². The molecule has 0 unspecified atom stereocenters. The fourth-order valence-electron chi connectivity index (χ4n) is 5.14. The fourth-order valence-corrected chi connectivity index (χ4v) is 5.14. The Balaban J connectivity index is 1.18. The fraction of sp³-hybridized carbons (Fsp3) is 0.500. The van der Waals surface area contributed by atoms with Crippen LogP contribution in [0.4, 0.5) is 0 Å². The molecule has 4 heterocycles. The van der Waals surface area contributed by atoms with Crippen LogP contribution >= 0.6 is 0 Å². The van der Waals surface area contributed by atoms with Crippen molar-refractivity contribution in [1.29, 1.82) is 0 Å². The third kappa shape index (κ3) is 5.42. The first kappa shape index (κ1) is 22.0. The van der Waals surface area contributed by atoms with Gasteiger partial charge in [0, 0.05) is 80.9 Å². The Hall–Kier alpha value is -2.77. The minimum Gasteiger partial charge on any atom is -0.304 e. The van der Waals surface area contributed by atoms with Gasteiger partial charge in [0.25, 0.3) is 0 Å². The standard InChI is InChI=1S/C26H32N6O/c1-31-8-10-32(11-9-31)18-19-2-4-20(5-3-19)26(33)14-23-12-21-13-24(25-17-27-6-7-28-25)30-16-22(21)15-29-23/h6-7,12-13,15-17,19-20H,2-5,8-11,14,18H2,1H3. The maximum absolute atomic E-state index is 13.0. The number of carbonyl (C=O) groups excluding carboxylic acids is 1. The highest BCUT2D eigenvalue weighted by Gasteiger charge is 2.28. The number of fused-ring (bicyclic) bond motifs is 1. The van der Waals surface area contributed by atoms with Crippen LogP contribution in [-0.2, 0) is 11.2 Å². The second-order valence-corrected chi connectivity index (χ2v) is 9.65. The lowest BCUT2D eigenvalue weighted by molar-refractivity contribution is -0.123. The Morgan fingerprint density at radius 3 is 2.42 bits per heavy atom. The minimum absolute atomic E-state index is 0.179. The summed E-state index contributed by atoms with van der Waals surface area (Å²) in [6.07, 6.45) is 13.4. The summed E-state index contributed by atoms with van der Waals surface area (Å²) in [6, 6.07) is 4.02. The number of likely N-dealkylation sites (N-methyl/N-ethyl adjacent to an activating group) is 1. The number of piperazine rings is 1. The van der Waals surface area contributed by atoms with Crippen LogP contribution in [0.2, 0.25) is 0 Å². The summed E-state index contributed by atoms with van der Waals surface area (Å²) in [5, 5.41) is 1.99. The van der Waals surface area contributed by atoms with Crippen molar-refractivity contribution >= 4 is 16.6 Å². The van der Waals surface area contributed by atoms with E-state index in [1.807, 2.05) is 18.3 Å². The van der Waals surface area contributed by atoms with Crippen LogP contribution in [-0.4, -0.2) is 75.3 Å². The molecule has 0 atom stereocenters. The van der Waals surface area contributed by atoms with Crippen molar-refractivity contribution in [1.82, 2.24) is 29.7 Å². The molecule has 1 aliphatic carbocycles. The summed E-state index contributed by atoms with van der Waals surface area (Å²) in [5.74, 6) is 1.25. The summed E-state index contributed by atoms with van der Waals surface area (Å²) < 4.78 is 0. The molecule has 0 bridgehead atoms. The van der Waals surface area contributed by atoms with Crippen molar-refractivity contribution in [2.45, 2.75) is 32.1 Å². The molecule has 2 fully saturated rings. The number of hydrogen-bond donors (Lipinski definition) is 0. The SMILES string of the molecule is CN1CCN(CC2CCC(C(=O)Cc3cc4cc(-c5cnccn5)ncc4cn3)CC2)CC1. The van der Waals surface area contributed by atoms with E-state index >= 15 is 0 Å². The van der Waals surface area contributed by atoms with E-state index in [0.29, 0.717) is 12.2 Å². The third-order valence-electron chi connectivity index (χ3n) is 7.26. The first-order chi connectivity index (χ1) is 16.1. The van der Waals surface area contributed by atoms with E-state index in [9.17, 15) is 4.79 Å². The van der Waals surface area contributed by atoms with Gasteiger partial charge in [-0.05, 0) is 56.2 Å². The van der Waals surface area contributed by atoms with E-state index in [1.54, 1.807) is 24.8 Å². The van der Waals surface area contributed by atoms with Gasteiger partial charge in [0.1, 0.15) is 11.5 Å². The van der Waals surface area contributed by atoms with Crippen molar-refractivity contribution in [3.63, 3.8) is 0 Å². The van der Waals surface area contributed by atoms with Gasteiger partial charge < -0.3 is 9.80 Å². The van der Waals surface area contributed by atoms with E-state index in [1.165, 1.54) is 45.6 Å².